The van der Waals surface area contributed by atoms with E-state index in [1.165, 1.54) is 6.42 Å². The van der Waals surface area contributed by atoms with Gasteiger partial charge in [-0.3, -0.25) is 4.99 Å². The maximum Gasteiger partial charge on any atom is 0.240 e. The summed E-state index contributed by atoms with van der Waals surface area (Å²) in [7, 11) is 2.13. The third-order valence-corrected chi connectivity index (χ3v) is 6.54. The highest BCUT2D eigenvalue weighted by molar-refractivity contribution is 6.88. The third kappa shape index (κ3) is 6.23. The first-order chi connectivity index (χ1) is 15.9. The van der Waals surface area contributed by atoms with Crippen molar-refractivity contribution in [2.75, 3.05) is 0 Å². The molecule has 0 amide bonds. The number of allylic oxidation sites excluding steroid dienone is 1. The van der Waals surface area contributed by atoms with E-state index in [2.05, 4.69) is 72.5 Å². The molecule has 4 nitrogen and oxygen atoms in total. The first-order valence-electron chi connectivity index (χ1n) is 12.4. The average Bonchev–Trinajstić information content (AvgIpc) is 3.15. The van der Waals surface area contributed by atoms with Crippen LogP contribution in [0.15, 0.2) is 35.5 Å². The highest BCUT2D eigenvalue weighted by Crippen LogP contribution is 2.35. The number of hydrogen-bond acceptors (Lipinski definition) is 4. The van der Waals surface area contributed by atoms with Crippen LogP contribution in [0.25, 0.3) is 11.4 Å². The average molecular weight is 453 g/mol. The first-order valence-corrected chi connectivity index (χ1v) is 12.4. The molecule has 0 aliphatic carbocycles. The van der Waals surface area contributed by atoms with Gasteiger partial charge in [-0.15, -0.1) is 0 Å². The Morgan fingerprint density at radius 3 is 2.50 bits per heavy atom. The van der Waals surface area contributed by atoms with E-state index in [4.69, 9.17) is 9.98 Å². The predicted molar refractivity (Wildman–Crippen MR) is 144 cm³/mol. The monoisotopic (exact) mass is 453 g/mol. The van der Waals surface area contributed by atoms with Crippen molar-refractivity contribution in [2.45, 2.75) is 74.7 Å². The maximum atomic E-state index is 9.66. The van der Waals surface area contributed by atoms with Gasteiger partial charge in [0.15, 0.2) is 5.82 Å². The molecule has 0 saturated heterocycles. The number of rotatable bonds is 8. The number of aromatic nitrogens is 2. The molecule has 2 atom stereocenters. The summed E-state index contributed by atoms with van der Waals surface area (Å²) in [5, 5.41) is 9.66. The molecule has 3 rings (SSSR count). The Balaban J connectivity index is 1.89. The summed E-state index contributed by atoms with van der Waals surface area (Å²) in [4.78, 5) is 14.4. The van der Waals surface area contributed by atoms with Crippen LogP contribution in [0.1, 0.15) is 78.0 Å². The normalized spacial score (nSPS) is 14.8. The van der Waals surface area contributed by atoms with Gasteiger partial charge in [0.25, 0.3) is 0 Å². The maximum absolute atomic E-state index is 9.66. The Bertz CT molecular complexity index is 1150. The fourth-order valence-corrected chi connectivity index (χ4v) is 4.89. The third-order valence-electron chi connectivity index (χ3n) is 6.54. The summed E-state index contributed by atoms with van der Waals surface area (Å²) in [6.45, 7) is 21.9. The Morgan fingerprint density at radius 1 is 1.21 bits per heavy atom. The van der Waals surface area contributed by atoms with Gasteiger partial charge in [-0.2, -0.15) is 5.26 Å². The van der Waals surface area contributed by atoms with Crippen LogP contribution in [-0.4, -0.2) is 22.9 Å². The van der Waals surface area contributed by atoms with Crippen molar-refractivity contribution in [3.05, 3.63) is 47.2 Å². The molecule has 2 heterocycles. The van der Waals surface area contributed by atoms with Crippen LogP contribution in [0, 0.1) is 41.4 Å². The largest absolute Gasteiger partial charge is 0.265 e. The fraction of sp³-hybridized carbons (Fsp3) is 0.517. The van der Waals surface area contributed by atoms with Gasteiger partial charge in [0.2, 0.25) is 7.28 Å². The molecule has 1 radical (unpaired) electrons. The van der Waals surface area contributed by atoms with Crippen LogP contribution < -0.4 is 5.59 Å². The molecule has 1 aliphatic rings. The zero-order valence-corrected chi connectivity index (χ0v) is 22.2. The van der Waals surface area contributed by atoms with E-state index in [1.807, 2.05) is 26.1 Å². The second-order valence-electron chi connectivity index (χ2n) is 11.6. The summed E-state index contributed by atoms with van der Waals surface area (Å²) in [6, 6.07) is 6.30. The van der Waals surface area contributed by atoms with E-state index in [1.54, 1.807) is 0 Å². The first kappa shape index (κ1) is 25.9. The molecule has 177 valence electrons. The Labute approximate surface area is 206 Å². The molecule has 0 N–H and O–H groups in total. The van der Waals surface area contributed by atoms with Gasteiger partial charge in [-0.25, -0.2) is 9.97 Å². The van der Waals surface area contributed by atoms with Crippen molar-refractivity contribution in [1.82, 2.24) is 9.97 Å². The number of fused-ring (bicyclic) bond motifs is 1. The number of nitriles is 1. The number of benzene rings is 1. The van der Waals surface area contributed by atoms with Crippen LogP contribution in [0.4, 0.5) is 5.69 Å². The molecule has 2 unspecified atom stereocenters. The molecule has 0 bridgehead atoms. The molecule has 34 heavy (non-hydrogen) atoms. The molecule has 1 aliphatic heterocycles. The molecular weight excluding hydrogens is 415 g/mol. The van der Waals surface area contributed by atoms with Crippen LogP contribution >= 0.6 is 0 Å². The number of hydrogen-bond donors (Lipinski definition) is 0. The van der Waals surface area contributed by atoms with Crippen molar-refractivity contribution in [2.24, 2.45) is 28.2 Å². The SMILES string of the molecule is C=C(C)Cc1cc(-c2ncc3c(n2)[B]C(C(C)C(CC(C)C)CC(C)(C)C)=N3)cc(C#N)c1C. The number of aliphatic imine (C=N–C) groups is 1. The summed E-state index contributed by atoms with van der Waals surface area (Å²) in [5.41, 5.74) is 7.75. The van der Waals surface area contributed by atoms with Crippen LogP contribution in [0.2, 0.25) is 0 Å². The van der Waals surface area contributed by atoms with Gasteiger partial charge >= 0.3 is 0 Å². The van der Waals surface area contributed by atoms with Crippen LogP contribution in [0.3, 0.4) is 0 Å². The zero-order valence-electron chi connectivity index (χ0n) is 22.2. The van der Waals surface area contributed by atoms with Crippen molar-refractivity contribution in [3.8, 4) is 17.5 Å². The summed E-state index contributed by atoms with van der Waals surface area (Å²) >= 11 is 0. The molecule has 1 aromatic heterocycles. The Kier molecular flexibility index (Phi) is 7.81. The molecule has 1 aromatic carbocycles. The predicted octanol–water partition coefficient (Wildman–Crippen LogP) is 6.55. The lowest BCUT2D eigenvalue weighted by Crippen LogP contribution is -2.32. The van der Waals surface area contributed by atoms with E-state index >= 15 is 0 Å². The van der Waals surface area contributed by atoms with Gasteiger partial charge in [0, 0.05) is 11.2 Å². The molecule has 0 fully saturated rings. The van der Waals surface area contributed by atoms with Crippen molar-refractivity contribution in [1.29, 1.82) is 5.26 Å². The smallest absolute Gasteiger partial charge is 0.240 e. The van der Waals surface area contributed by atoms with Gasteiger partial charge in [-0.05, 0) is 85.1 Å². The van der Waals surface area contributed by atoms with E-state index in [-0.39, 0.29) is 5.41 Å². The van der Waals surface area contributed by atoms with E-state index in [0.717, 1.165) is 52.0 Å². The Hall–Kier alpha value is -2.74. The van der Waals surface area contributed by atoms with E-state index < -0.39 is 0 Å². The van der Waals surface area contributed by atoms with Gasteiger partial charge in [0.05, 0.1) is 23.5 Å². The second kappa shape index (κ2) is 10.3. The van der Waals surface area contributed by atoms with Gasteiger partial charge in [0.1, 0.15) is 0 Å². The lowest BCUT2D eigenvalue weighted by molar-refractivity contribution is 0.235. The quantitative estimate of drug-likeness (QED) is 0.336. The molecule has 0 spiro atoms. The van der Waals surface area contributed by atoms with Crippen LogP contribution in [-0.2, 0) is 6.42 Å². The molecular formula is C29H38BN4. The summed E-state index contributed by atoms with van der Waals surface area (Å²) < 4.78 is 0. The Morgan fingerprint density at radius 2 is 1.91 bits per heavy atom. The standard InChI is InChI=1S/C29H38BN4/c1-17(2)10-21-12-22(13-24(15-31)19(21)5)28-32-16-25-27(34-28)30-26(33-25)20(6)23(11-18(3)4)14-29(7,8)9/h12-13,16,18,20,23H,1,10-11,14H2,2-9H3. The lowest BCUT2D eigenvalue weighted by Gasteiger charge is -2.32. The summed E-state index contributed by atoms with van der Waals surface area (Å²) in [5.74, 6) is 2.20. The summed E-state index contributed by atoms with van der Waals surface area (Å²) in [6.07, 6.45) is 4.91. The highest BCUT2D eigenvalue weighted by Gasteiger charge is 2.31. The fourth-order valence-electron chi connectivity index (χ4n) is 4.89. The minimum Gasteiger partial charge on any atom is -0.265 e. The highest BCUT2D eigenvalue weighted by atomic mass is 14.9. The lowest BCUT2D eigenvalue weighted by atomic mass is 9.61. The molecule has 0 saturated carbocycles. The number of nitrogens with zero attached hydrogens (tertiary/aromatic N) is 4. The van der Waals surface area contributed by atoms with Gasteiger partial charge in [-0.1, -0.05) is 53.7 Å². The van der Waals surface area contributed by atoms with Gasteiger partial charge < -0.3 is 0 Å². The second-order valence-corrected chi connectivity index (χ2v) is 11.6. The molecule has 2 aromatic rings. The zero-order chi connectivity index (χ0) is 25.2. The van der Waals surface area contributed by atoms with Crippen molar-refractivity contribution < 1.29 is 0 Å². The van der Waals surface area contributed by atoms with Crippen molar-refractivity contribution in [3.63, 3.8) is 0 Å². The topological polar surface area (TPSA) is 61.9 Å². The molecule has 5 heteroatoms. The minimum atomic E-state index is 0.276. The minimum absolute atomic E-state index is 0.276. The van der Waals surface area contributed by atoms with Crippen molar-refractivity contribution >= 4 is 24.2 Å². The van der Waals surface area contributed by atoms with Crippen LogP contribution in [0.5, 0.6) is 0 Å². The van der Waals surface area contributed by atoms with E-state index in [9.17, 15) is 5.26 Å². The van der Waals surface area contributed by atoms with E-state index in [0.29, 0.717) is 29.1 Å².